The highest BCUT2D eigenvalue weighted by molar-refractivity contribution is 6.31. The smallest absolute Gasteiger partial charge is 0.321 e. The van der Waals surface area contributed by atoms with E-state index in [0.29, 0.717) is 41.7 Å². The summed E-state index contributed by atoms with van der Waals surface area (Å²) in [4.78, 5) is 33.5. The van der Waals surface area contributed by atoms with Crippen LogP contribution in [0.4, 0.5) is 10.5 Å². The van der Waals surface area contributed by atoms with Crippen molar-refractivity contribution in [1.82, 2.24) is 14.8 Å². The molecule has 31 heavy (non-hydrogen) atoms. The highest BCUT2D eigenvalue weighted by Crippen LogP contribution is 2.24. The average molecular weight is 443 g/mol. The normalized spacial score (nSPS) is 18.7. The maximum atomic E-state index is 12.9. The van der Waals surface area contributed by atoms with Gasteiger partial charge in [0.15, 0.2) is 0 Å². The Morgan fingerprint density at radius 1 is 1.13 bits per heavy atom. The van der Waals surface area contributed by atoms with Crippen LogP contribution in [-0.2, 0) is 0 Å². The molecule has 4 rings (SSSR count). The molecule has 164 valence electrons. The molecule has 0 spiro atoms. The monoisotopic (exact) mass is 442 g/mol. The first-order chi connectivity index (χ1) is 15.0. The predicted octanol–water partition coefficient (Wildman–Crippen LogP) is 4.35. The number of piperidine rings is 1. The predicted molar refractivity (Wildman–Crippen MR) is 120 cm³/mol. The quantitative estimate of drug-likeness (QED) is 0.763. The van der Waals surface area contributed by atoms with E-state index in [9.17, 15) is 9.59 Å². The third-order valence-corrected chi connectivity index (χ3v) is 6.19. The highest BCUT2D eigenvalue weighted by Gasteiger charge is 2.30. The standard InChI is InChI=1S/C23H27ClN4O3/c1-16-7-8-17(14-20(16)24)26-23(30)28-13-9-18(15-28)31-21-19(6-5-10-25-21)22(29)27-11-3-2-4-12-27/h5-8,10,14,18H,2-4,9,11-13,15H2,1H3,(H,26,30). The minimum atomic E-state index is -0.213. The minimum absolute atomic E-state index is 0.0355. The second kappa shape index (κ2) is 9.56. The van der Waals surface area contributed by atoms with Crippen molar-refractivity contribution in [2.24, 2.45) is 0 Å². The molecule has 1 atom stereocenters. The van der Waals surface area contributed by atoms with Crippen LogP contribution in [0.1, 0.15) is 41.6 Å². The Labute approximate surface area is 187 Å². The lowest BCUT2D eigenvalue weighted by atomic mass is 10.1. The minimum Gasteiger partial charge on any atom is -0.472 e. The van der Waals surface area contributed by atoms with Crippen LogP contribution in [-0.4, -0.2) is 59.0 Å². The third-order valence-electron chi connectivity index (χ3n) is 5.78. The van der Waals surface area contributed by atoms with E-state index in [0.717, 1.165) is 37.9 Å². The number of aromatic nitrogens is 1. The number of hydrogen-bond acceptors (Lipinski definition) is 4. The second-order valence-electron chi connectivity index (χ2n) is 8.08. The molecular weight excluding hydrogens is 416 g/mol. The number of halogens is 1. The Bertz CT molecular complexity index is 962. The Kier molecular flexibility index (Phi) is 6.61. The zero-order valence-electron chi connectivity index (χ0n) is 17.6. The van der Waals surface area contributed by atoms with Gasteiger partial charge in [-0.1, -0.05) is 17.7 Å². The molecule has 0 aliphatic carbocycles. The number of carbonyl (C=O) groups is 2. The third kappa shape index (κ3) is 5.10. The van der Waals surface area contributed by atoms with Crippen molar-refractivity contribution in [3.05, 3.63) is 52.7 Å². The fourth-order valence-electron chi connectivity index (χ4n) is 3.95. The van der Waals surface area contributed by atoms with Gasteiger partial charge in [-0.3, -0.25) is 4.79 Å². The van der Waals surface area contributed by atoms with Crippen molar-refractivity contribution in [2.45, 2.75) is 38.7 Å². The van der Waals surface area contributed by atoms with E-state index in [2.05, 4.69) is 10.3 Å². The summed E-state index contributed by atoms with van der Waals surface area (Å²) in [6.45, 7) is 4.46. The van der Waals surface area contributed by atoms with Gasteiger partial charge in [-0.2, -0.15) is 0 Å². The van der Waals surface area contributed by atoms with Crippen molar-refractivity contribution in [3.8, 4) is 5.88 Å². The van der Waals surface area contributed by atoms with Gasteiger partial charge in [-0.25, -0.2) is 9.78 Å². The number of pyridine rings is 1. The molecule has 0 radical (unpaired) electrons. The van der Waals surface area contributed by atoms with Gasteiger partial charge in [0.25, 0.3) is 5.91 Å². The number of carbonyl (C=O) groups excluding carboxylic acids is 2. The largest absolute Gasteiger partial charge is 0.472 e. The highest BCUT2D eigenvalue weighted by atomic mass is 35.5. The van der Waals surface area contributed by atoms with Crippen LogP contribution in [0.2, 0.25) is 5.02 Å². The lowest BCUT2D eigenvalue weighted by Crippen LogP contribution is -2.36. The molecule has 2 aliphatic heterocycles. The van der Waals surface area contributed by atoms with Gasteiger partial charge in [0, 0.05) is 43.0 Å². The number of nitrogens with one attached hydrogen (secondary N) is 1. The van der Waals surface area contributed by atoms with Gasteiger partial charge in [0.2, 0.25) is 5.88 Å². The SMILES string of the molecule is Cc1ccc(NC(=O)N2CCC(Oc3ncccc3C(=O)N3CCCCC3)C2)cc1Cl. The van der Waals surface area contributed by atoms with Crippen LogP contribution in [0.25, 0.3) is 0 Å². The van der Waals surface area contributed by atoms with E-state index in [1.807, 2.05) is 24.0 Å². The maximum Gasteiger partial charge on any atom is 0.321 e. The number of hydrogen-bond donors (Lipinski definition) is 1. The van der Waals surface area contributed by atoms with Crippen LogP contribution in [0.5, 0.6) is 5.88 Å². The first-order valence-corrected chi connectivity index (χ1v) is 11.1. The first kappa shape index (κ1) is 21.4. The van der Waals surface area contributed by atoms with Gasteiger partial charge in [0.1, 0.15) is 11.7 Å². The van der Waals surface area contributed by atoms with Gasteiger partial charge >= 0.3 is 6.03 Å². The zero-order valence-corrected chi connectivity index (χ0v) is 18.4. The molecule has 3 heterocycles. The number of rotatable bonds is 4. The fraction of sp³-hybridized carbons (Fsp3) is 0.435. The van der Waals surface area contributed by atoms with Crippen LogP contribution >= 0.6 is 11.6 Å². The number of urea groups is 1. The molecule has 7 nitrogen and oxygen atoms in total. The van der Waals surface area contributed by atoms with E-state index in [4.69, 9.17) is 16.3 Å². The number of nitrogens with zero attached hydrogens (tertiary/aromatic N) is 3. The molecule has 3 amide bonds. The summed E-state index contributed by atoms with van der Waals surface area (Å²) in [6, 6.07) is 8.76. The number of anilines is 1. The molecule has 2 aliphatic rings. The van der Waals surface area contributed by atoms with Crippen LogP contribution in [0.15, 0.2) is 36.5 Å². The number of likely N-dealkylation sites (tertiary alicyclic amines) is 2. The Balaban J connectivity index is 1.37. The zero-order chi connectivity index (χ0) is 21.8. The molecule has 0 bridgehead atoms. The van der Waals surface area contributed by atoms with E-state index < -0.39 is 0 Å². The Hall–Kier alpha value is -2.80. The summed E-state index contributed by atoms with van der Waals surface area (Å²) >= 11 is 6.14. The molecule has 1 aromatic carbocycles. The van der Waals surface area contributed by atoms with Crippen LogP contribution in [0, 0.1) is 6.92 Å². The summed E-state index contributed by atoms with van der Waals surface area (Å²) in [5, 5.41) is 3.49. The topological polar surface area (TPSA) is 74.8 Å². The number of aryl methyl sites for hydroxylation is 1. The summed E-state index contributed by atoms with van der Waals surface area (Å²) in [5.41, 5.74) is 2.10. The summed E-state index contributed by atoms with van der Waals surface area (Å²) in [5.74, 6) is 0.308. The first-order valence-electron chi connectivity index (χ1n) is 10.7. The van der Waals surface area contributed by atoms with E-state index in [-0.39, 0.29) is 18.0 Å². The van der Waals surface area contributed by atoms with Crippen LogP contribution < -0.4 is 10.1 Å². The van der Waals surface area contributed by atoms with E-state index >= 15 is 0 Å². The lowest BCUT2D eigenvalue weighted by molar-refractivity contribution is 0.0715. The van der Waals surface area contributed by atoms with Gasteiger partial charge in [-0.15, -0.1) is 0 Å². The molecule has 1 unspecified atom stereocenters. The van der Waals surface area contributed by atoms with Gasteiger partial charge in [0.05, 0.1) is 6.54 Å². The van der Waals surface area contributed by atoms with Crippen molar-refractivity contribution in [2.75, 3.05) is 31.5 Å². The number of ether oxygens (including phenoxy) is 1. The molecular formula is C23H27ClN4O3. The maximum absolute atomic E-state index is 12.9. The van der Waals surface area contributed by atoms with E-state index in [1.165, 1.54) is 0 Å². The second-order valence-corrected chi connectivity index (χ2v) is 8.48. The summed E-state index contributed by atoms with van der Waals surface area (Å²) in [6.07, 6.45) is 5.31. The molecule has 2 saturated heterocycles. The van der Waals surface area contributed by atoms with Crippen molar-refractivity contribution >= 4 is 29.2 Å². The molecule has 2 fully saturated rings. The van der Waals surface area contributed by atoms with Gasteiger partial charge in [-0.05, 0) is 56.0 Å². The number of amides is 3. The van der Waals surface area contributed by atoms with E-state index in [1.54, 1.807) is 29.3 Å². The molecule has 1 N–H and O–H groups in total. The van der Waals surface area contributed by atoms with Gasteiger partial charge < -0.3 is 19.9 Å². The summed E-state index contributed by atoms with van der Waals surface area (Å²) in [7, 11) is 0. The molecule has 8 heteroatoms. The average Bonchev–Trinajstić information content (AvgIpc) is 3.25. The van der Waals surface area contributed by atoms with Crippen molar-refractivity contribution < 1.29 is 14.3 Å². The summed E-state index contributed by atoms with van der Waals surface area (Å²) < 4.78 is 6.08. The fourth-order valence-corrected chi connectivity index (χ4v) is 4.14. The molecule has 1 aromatic heterocycles. The van der Waals surface area contributed by atoms with Crippen molar-refractivity contribution in [3.63, 3.8) is 0 Å². The Morgan fingerprint density at radius 2 is 1.94 bits per heavy atom. The molecule has 2 aromatic rings. The molecule has 0 saturated carbocycles. The lowest BCUT2D eigenvalue weighted by Gasteiger charge is -2.27. The number of benzene rings is 1. The Morgan fingerprint density at radius 3 is 2.71 bits per heavy atom. The van der Waals surface area contributed by atoms with Crippen molar-refractivity contribution in [1.29, 1.82) is 0 Å². The van der Waals surface area contributed by atoms with Crippen LogP contribution in [0.3, 0.4) is 0 Å².